The first kappa shape index (κ1) is 21.2. The van der Waals surface area contributed by atoms with Gasteiger partial charge in [0.1, 0.15) is 0 Å². The second kappa shape index (κ2) is 8.76. The normalized spacial score (nSPS) is 14.6. The van der Waals surface area contributed by atoms with E-state index in [9.17, 15) is 5.21 Å². The summed E-state index contributed by atoms with van der Waals surface area (Å²) in [5.41, 5.74) is 12.7. The highest BCUT2D eigenvalue weighted by molar-refractivity contribution is 6.12. The molecule has 6 rings (SSSR count). The highest BCUT2D eigenvalue weighted by Gasteiger charge is 2.15. The Kier molecular flexibility index (Phi) is 5.29. The molecule has 7 nitrogen and oxygen atoms in total. The molecule has 2 aromatic heterocycles. The second-order valence-corrected chi connectivity index (χ2v) is 8.96. The Morgan fingerprint density at radius 3 is 2.37 bits per heavy atom. The zero-order chi connectivity index (χ0) is 23.8. The maximum Gasteiger partial charge on any atom is 0.170 e. The van der Waals surface area contributed by atoms with Crippen LogP contribution < -0.4 is 10.6 Å². The number of amidine groups is 1. The van der Waals surface area contributed by atoms with E-state index in [0.29, 0.717) is 5.56 Å². The molecule has 0 bridgehead atoms. The third-order valence-electron chi connectivity index (χ3n) is 6.88. The number of nitrogens with two attached hydrogens (primary N) is 1. The van der Waals surface area contributed by atoms with Crippen molar-refractivity contribution in [2.24, 2.45) is 10.9 Å². The number of aromatic nitrogens is 3. The van der Waals surface area contributed by atoms with Crippen molar-refractivity contribution in [1.82, 2.24) is 14.6 Å². The summed E-state index contributed by atoms with van der Waals surface area (Å²) in [6, 6.07) is 20.5. The molecule has 7 heteroatoms. The summed E-state index contributed by atoms with van der Waals surface area (Å²) in [7, 11) is 0. The summed E-state index contributed by atoms with van der Waals surface area (Å²) in [5.74, 6) is 0.0849. The van der Waals surface area contributed by atoms with Crippen molar-refractivity contribution in [2.45, 2.75) is 19.3 Å². The minimum Gasteiger partial charge on any atom is -0.409 e. The van der Waals surface area contributed by atoms with E-state index in [4.69, 9.17) is 10.7 Å². The molecule has 5 aromatic rings. The van der Waals surface area contributed by atoms with Crippen LogP contribution in [0.15, 0.2) is 84.4 Å². The quantitative estimate of drug-likeness (QED) is 0.164. The zero-order valence-electron chi connectivity index (χ0n) is 19.3. The third kappa shape index (κ3) is 3.75. The largest absolute Gasteiger partial charge is 0.409 e. The monoisotopic (exact) mass is 462 g/mol. The van der Waals surface area contributed by atoms with E-state index in [2.05, 4.69) is 39.4 Å². The lowest BCUT2D eigenvalue weighted by Crippen LogP contribution is -2.29. The van der Waals surface area contributed by atoms with E-state index in [0.717, 1.165) is 51.8 Å². The molecule has 174 valence electrons. The van der Waals surface area contributed by atoms with Gasteiger partial charge in [0.05, 0.1) is 6.20 Å². The molecule has 0 spiro atoms. The van der Waals surface area contributed by atoms with E-state index in [1.807, 2.05) is 59.5 Å². The summed E-state index contributed by atoms with van der Waals surface area (Å²) in [5, 5.41) is 18.9. The molecule has 0 saturated carbocycles. The number of hydrogen-bond donors (Lipinski definition) is 2. The van der Waals surface area contributed by atoms with Crippen LogP contribution in [0, 0.1) is 0 Å². The first-order valence-corrected chi connectivity index (χ1v) is 11.9. The number of fused-ring (bicyclic) bond motifs is 2. The predicted octanol–water partition coefficient (Wildman–Crippen LogP) is 5.30. The van der Waals surface area contributed by atoms with E-state index in [-0.39, 0.29) is 5.84 Å². The van der Waals surface area contributed by atoms with Gasteiger partial charge in [-0.1, -0.05) is 47.6 Å². The Labute approximate surface area is 203 Å². The van der Waals surface area contributed by atoms with Crippen LogP contribution in [0.1, 0.15) is 24.8 Å². The first-order valence-electron chi connectivity index (χ1n) is 11.9. The highest BCUT2D eigenvalue weighted by Crippen LogP contribution is 2.33. The molecule has 3 N–H and O–H groups in total. The molecule has 0 aliphatic carbocycles. The van der Waals surface area contributed by atoms with Gasteiger partial charge in [0, 0.05) is 47.9 Å². The fourth-order valence-corrected chi connectivity index (χ4v) is 5.04. The molecular weight excluding hydrogens is 436 g/mol. The van der Waals surface area contributed by atoms with E-state index in [1.165, 1.54) is 24.9 Å². The maximum absolute atomic E-state index is 9.18. The molecule has 0 unspecified atom stereocenters. The SMILES string of the molecule is N/C(=N/O)c1ccc(-c2cnn3cc(-c4ccc(N5CCCCC5)cc4)cnc23)c2ccccc12. The summed E-state index contributed by atoms with van der Waals surface area (Å²) in [4.78, 5) is 7.25. The molecule has 3 aromatic carbocycles. The lowest BCUT2D eigenvalue weighted by molar-refractivity contribution is 0.318. The third-order valence-corrected chi connectivity index (χ3v) is 6.88. The van der Waals surface area contributed by atoms with Crippen LogP contribution in [0.2, 0.25) is 0 Å². The molecule has 1 aliphatic heterocycles. The summed E-state index contributed by atoms with van der Waals surface area (Å²) in [6.45, 7) is 2.27. The van der Waals surface area contributed by atoms with E-state index in [1.54, 1.807) is 0 Å². The van der Waals surface area contributed by atoms with Crippen molar-refractivity contribution in [1.29, 1.82) is 0 Å². The standard InChI is InChI=1S/C28H26N6O/c29-27(32-35)25-13-12-24(22-6-2-3-7-23(22)25)26-17-31-34-18-20(16-30-28(26)34)19-8-10-21(11-9-19)33-14-4-1-5-15-33/h2-3,6-13,16-18,35H,1,4-5,14-15H2,(H2,29,32). The van der Waals surface area contributed by atoms with Crippen molar-refractivity contribution < 1.29 is 5.21 Å². The van der Waals surface area contributed by atoms with Gasteiger partial charge in [0.15, 0.2) is 11.5 Å². The Morgan fingerprint density at radius 2 is 1.60 bits per heavy atom. The van der Waals surface area contributed by atoms with Crippen LogP contribution in [0.25, 0.3) is 38.7 Å². The molecular formula is C28H26N6O. The van der Waals surface area contributed by atoms with Crippen LogP contribution in [-0.2, 0) is 0 Å². The minimum atomic E-state index is 0.0849. The summed E-state index contributed by atoms with van der Waals surface area (Å²) in [6.07, 6.45) is 9.64. The average molecular weight is 463 g/mol. The van der Waals surface area contributed by atoms with Crippen LogP contribution in [0.3, 0.4) is 0 Å². The smallest absolute Gasteiger partial charge is 0.170 e. The Bertz CT molecular complexity index is 1550. The Morgan fingerprint density at radius 1 is 0.829 bits per heavy atom. The molecule has 1 fully saturated rings. The molecule has 35 heavy (non-hydrogen) atoms. The van der Waals surface area contributed by atoms with Crippen LogP contribution in [0.4, 0.5) is 5.69 Å². The molecule has 0 amide bonds. The molecule has 1 aliphatic rings. The van der Waals surface area contributed by atoms with Crippen LogP contribution in [-0.4, -0.2) is 38.7 Å². The molecule has 0 atom stereocenters. The number of anilines is 1. The van der Waals surface area contributed by atoms with E-state index >= 15 is 0 Å². The van der Waals surface area contributed by atoms with Gasteiger partial charge in [0.25, 0.3) is 0 Å². The second-order valence-electron chi connectivity index (χ2n) is 8.96. The fraction of sp³-hybridized carbons (Fsp3) is 0.179. The van der Waals surface area contributed by atoms with Crippen molar-refractivity contribution in [3.63, 3.8) is 0 Å². The number of nitrogens with zero attached hydrogens (tertiary/aromatic N) is 5. The van der Waals surface area contributed by atoms with Gasteiger partial charge in [0.2, 0.25) is 0 Å². The topological polar surface area (TPSA) is 92.0 Å². The van der Waals surface area contributed by atoms with Gasteiger partial charge in [-0.2, -0.15) is 5.10 Å². The first-order chi connectivity index (χ1) is 17.2. The van der Waals surface area contributed by atoms with Gasteiger partial charge in [-0.15, -0.1) is 0 Å². The lowest BCUT2D eigenvalue weighted by Gasteiger charge is -2.28. The average Bonchev–Trinajstić information content (AvgIpc) is 3.35. The van der Waals surface area contributed by atoms with Crippen molar-refractivity contribution in [2.75, 3.05) is 18.0 Å². The Balaban J connectivity index is 1.37. The summed E-state index contributed by atoms with van der Waals surface area (Å²) < 4.78 is 1.83. The number of benzene rings is 3. The molecule has 1 saturated heterocycles. The van der Waals surface area contributed by atoms with Crippen molar-refractivity contribution in [3.8, 4) is 22.3 Å². The number of oxime groups is 1. The highest BCUT2D eigenvalue weighted by atomic mass is 16.4. The van der Waals surface area contributed by atoms with Crippen LogP contribution in [0.5, 0.6) is 0 Å². The predicted molar refractivity (Wildman–Crippen MR) is 140 cm³/mol. The maximum atomic E-state index is 9.18. The van der Waals surface area contributed by atoms with Gasteiger partial charge >= 0.3 is 0 Å². The van der Waals surface area contributed by atoms with Gasteiger partial charge in [-0.05, 0) is 59.4 Å². The summed E-state index contributed by atoms with van der Waals surface area (Å²) >= 11 is 0. The fourth-order valence-electron chi connectivity index (χ4n) is 5.04. The van der Waals surface area contributed by atoms with Gasteiger partial charge in [-0.3, -0.25) is 0 Å². The minimum absolute atomic E-state index is 0.0849. The van der Waals surface area contributed by atoms with Gasteiger partial charge in [-0.25, -0.2) is 9.50 Å². The molecule has 0 radical (unpaired) electrons. The molecule has 3 heterocycles. The zero-order valence-corrected chi connectivity index (χ0v) is 19.3. The lowest BCUT2D eigenvalue weighted by atomic mass is 9.96. The van der Waals surface area contributed by atoms with E-state index < -0.39 is 0 Å². The number of hydrogen-bond acceptors (Lipinski definition) is 5. The van der Waals surface area contributed by atoms with Gasteiger partial charge < -0.3 is 15.8 Å². The Hall–Kier alpha value is -4.39. The van der Waals surface area contributed by atoms with Crippen molar-refractivity contribution in [3.05, 3.63) is 84.8 Å². The number of rotatable bonds is 4. The number of piperidine rings is 1. The van der Waals surface area contributed by atoms with Crippen molar-refractivity contribution >= 4 is 27.9 Å². The van der Waals surface area contributed by atoms with Crippen LogP contribution >= 0.6 is 0 Å².